The van der Waals surface area contributed by atoms with Crippen molar-refractivity contribution in [2.45, 2.75) is 45.0 Å². The lowest BCUT2D eigenvalue weighted by Crippen LogP contribution is -2.26. The van der Waals surface area contributed by atoms with Crippen LogP contribution in [0.3, 0.4) is 0 Å². The Morgan fingerprint density at radius 2 is 2.00 bits per heavy atom. The van der Waals surface area contributed by atoms with Crippen molar-refractivity contribution in [2.24, 2.45) is 5.92 Å². The monoisotopic (exact) mass is 232 g/mol. The molecule has 1 aliphatic rings. The third-order valence-corrected chi connectivity index (χ3v) is 3.00. The highest BCUT2D eigenvalue weighted by molar-refractivity contribution is 4.67. The van der Waals surface area contributed by atoms with Crippen molar-refractivity contribution in [3.8, 4) is 0 Å². The van der Waals surface area contributed by atoms with Gasteiger partial charge in [-0.3, -0.25) is 0 Å². The van der Waals surface area contributed by atoms with E-state index >= 15 is 0 Å². The summed E-state index contributed by atoms with van der Waals surface area (Å²) in [5.41, 5.74) is 0. The van der Waals surface area contributed by atoms with E-state index in [4.69, 9.17) is 14.2 Å². The molecule has 1 fully saturated rings. The van der Waals surface area contributed by atoms with Crippen molar-refractivity contribution in [1.82, 2.24) is 0 Å². The highest BCUT2D eigenvalue weighted by atomic mass is 16.7. The second-order valence-corrected chi connectivity index (χ2v) is 4.32. The van der Waals surface area contributed by atoms with Gasteiger partial charge < -0.3 is 19.3 Å². The maximum absolute atomic E-state index is 9.47. The fraction of sp³-hybridized carbons (Fsp3) is 1.00. The van der Waals surface area contributed by atoms with Crippen LogP contribution in [-0.4, -0.2) is 44.4 Å². The lowest BCUT2D eigenvalue weighted by molar-refractivity contribution is -0.103. The molecule has 0 aliphatic carbocycles. The first-order valence-electron chi connectivity index (χ1n) is 6.18. The van der Waals surface area contributed by atoms with Crippen LogP contribution < -0.4 is 0 Å². The molecular formula is C12H24O4. The van der Waals surface area contributed by atoms with Crippen LogP contribution >= 0.6 is 0 Å². The summed E-state index contributed by atoms with van der Waals surface area (Å²) in [7, 11) is 1.70. The van der Waals surface area contributed by atoms with Gasteiger partial charge in [0.2, 0.25) is 0 Å². The standard InChI is InChI=1S/C12H24O4/c1-3-11(13)6-4-5-10(9-14-2)12-15-7-8-16-12/h10-13H,3-9H2,1-2H3. The third kappa shape index (κ3) is 4.78. The van der Waals surface area contributed by atoms with E-state index in [9.17, 15) is 5.11 Å². The predicted octanol–water partition coefficient (Wildman–Crippen LogP) is 1.56. The van der Waals surface area contributed by atoms with Crippen molar-refractivity contribution >= 4 is 0 Å². The number of ether oxygens (including phenoxy) is 3. The van der Waals surface area contributed by atoms with Crippen LogP contribution in [0.1, 0.15) is 32.6 Å². The summed E-state index contributed by atoms with van der Waals surface area (Å²) in [4.78, 5) is 0. The summed E-state index contributed by atoms with van der Waals surface area (Å²) < 4.78 is 16.2. The zero-order valence-corrected chi connectivity index (χ0v) is 10.4. The first-order valence-corrected chi connectivity index (χ1v) is 6.18. The minimum absolute atomic E-state index is 0.112. The molecular weight excluding hydrogens is 208 g/mol. The third-order valence-electron chi connectivity index (χ3n) is 3.00. The molecule has 0 radical (unpaired) electrons. The van der Waals surface area contributed by atoms with E-state index < -0.39 is 0 Å². The van der Waals surface area contributed by atoms with Crippen molar-refractivity contribution in [3.63, 3.8) is 0 Å². The molecule has 2 unspecified atom stereocenters. The summed E-state index contributed by atoms with van der Waals surface area (Å²) in [6.45, 7) is 4.03. The van der Waals surface area contributed by atoms with Crippen molar-refractivity contribution in [3.05, 3.63) is 0 Å². The summed E-state index contributed by atoms with van der Waals surface area (Å²) >= 11 is 0. The molecule has 1 N–H and O–H groups in total. The van der Waals surface area contributed by atoms with Gasteiger partial charge in [-0.2, -0.15) is 0 Å². The Kier molecular flexibility index (Phi) is 6.96. The molecule has 1 heterocycles. The molecule has 2 atom stereocenters. The van der Waals surface area contributed by atoms with Gasteiger partial charge in [0.15, 0.2) is 6.29 Å². The summed E-state index contributed by atoms with van der Waals surface area (Å²) in [5.74, 6) is 0.288. The van der Waals surface area contributed by atoms with Gasteiger partial charge >= 0.3 is 0 Å². The minimum Gasteiger partial charge on any atom is -0.393 e. The minimum atomic E-state index is -0.173. The molecule has 4 heteroatoms. The average Bonchev–Trinajstić information content (AvgIpc) is 2.81. The Hall–Kier alpha value is -0.160. The Morgan fingerprint density at radius 3 is 2.56 bits per heavy atom. The Labute approximate surface area is 97.9 Å². The number of hydrogen-bond acceptors (Lipinski definition) is 4. The van der Waals surface area contributed by atoms with Crippen LogP contribution in [-0.2, 0) is 14.2 Å². The largest absolute Gasteiger partial charge is 0.393 e. The van der Waals surface area contributed by atoms with E-state index in [1.807, 2.05) is 6.92 Å². The van der Waals surface area contributed by atoms with E-state index in [0.717, 1.165) is 25.7 Å². The van der Waals surface area contributed by atoms with Gasteiger partial charge in [0, 0.05) is 13.0 Å². The Balaban J connectivity index is 2.21. The van der Waals surface area contributed by atoms with E-state index in [0.29, 0.717) is 19.8 Å². The molecule has 0 aromatic heterocycles. The summed E-state index contributed by atoms with van der Waals surface area (Å²) in [6.07, 6.45) is 3.36. The quantitative estimate of drug-likeness (QED) is 0.690. The molecule has 0 spiro atoms. The summed E-state index contributed by atoms with van der Waals surface area (Å²) in [6, 6.07) is 0. The topological polar surface area (TPSA) is 47.9 Å². The number of methoxy groups -OCH3 is 1. The Morgan fingerprint density at radius 1 is 1.31 bits per heavy atom. The SMILES string of the molecule is CCC(O)CCCC(COC)C1OCCO1. The second kappa shape index (κ2) is 8.01. The number of hydrogen-bond donors (Lipinski definition) is 1. The lowest BCUT2D eigenvalue weighted by atomic mass is 10.00. The molecule has 1 rings (SSSR count). The molecule has 0 bridgehead atoms. The van der Waals surface area contributed by atoms with Crippen LogP contribution in [0.15, 0.2) is 0 Å². The van der Waals surface area contributed by atoms with Crippen molar-refractivity contribution in [1.29, 1.82) is 0 Å². The molecule has 1 saturated heterocycles. The van der Waals surface area contributed by atoms with E-state index in [1.54, 1.807) is 7.11 Å². The maximum Gasteiger partial charge on any atom is 0.162 e. The summed E-state index contributed by atoms with van der Waals surface area (Å²) in [5, 5.41) is 9.47. The highest BCUT2D eigenvalue weighted by Crippen LogP contribution is 2.21. The second-order valence-electron chi connectivity index (χ2n) is 4.32. The van der Waals surface area contributed by atoms with Crippen LogP contribution in [0.25, 0.3) is 0 Å². The van der Waals surface area contributed by atoms with Crippen molar-refractivity contribution in [2.75, 3.05) is 26.9 Å². The van der Waals surface area contributed by atoms with E-state index in [1.165, 1.54) is 0 Å². The molecule has 16 heavy (non-hydrogen) atoms. The number of rotatable bonds is 8. The number of aliphatic hydroxyl groups is 1. The van der Waals surface area contributed by atoms with E-state index in [2.05, 4.69) is 0 Å². The molecule has 0 saturated carbocycles. The predicted molar refractivity (Wildman–Crippen MR) is 61.2 cm³/mol. The fourth-order valence-corrected chi connectivity index (χ4v) is 1.98. The van der Waals surface area contributed by atoms with Crippen LogP contribution in [0.4, 0.5) is 0 Å². The van der Waals surface area contributed by atoms with Gasteiger partial charge in [0.25, 0.3) is 0 Å². The first-order chi connectivity index (χ1) is 7.77. The van der Waals surface area contributed by atoms with Gasteiger partial charge in [-0.05, 0) is 19.3 Å². The number of aliphatic hydroxyl groups excluding tert-OH is 1. The highest BCUT2D eigenvalue weighted by Gasteiger charge is 2.26. The molecule has 0 amide bonds. The van der Waals surface area contributed by atoms with Crippen molar-refractivity contribution < 1.29 is 19.3 Å². The van der Waals surface area contributed by atoms with Crippen LogP contribution in [0.2, 0.25) is 0 Å². The maximum atomic E-state index is 9.47. The molecule has 0 aromatic carbocycles. The molecule has 96 valence electrons. The van der Waals surface area contributed by atoms with Gasteiger partial charge in [0.1, 0.15) is 0 Å². The lowest BCUT2D eigenvalue weighted by Gasteiger charge is -2.21. The van der Waals surface area contributed by atoms with Gasteiger partial charge in [-0.25, -0.2) is 0 Å². The van der Waals surface area contributed by atoms with E-state index in [-0.39, 0.29) is 18.3 Å². The smallest absolute Gasteiger partial charge is 0.162 e. The average molecular weight is 232 g/mol. The van der Waals surface area contributed by atoms with Gasteiger partial charge in [0.05, 0.1) is 25.9 Å². The molecule has 0 aromatic rings. The van der Waals surface area contributed by atoms with Crippen LogP contribution in [0, 0.1) is 5.92 Å². The normalized spacial score (nSPS) is 21.2. The van der Waals surface area contributed by atoms with Crippen LogP contribution in [0.5, 0.6) is 0 Å². The molecule has 1 aliphatic heterocycles. The first kappa shape index (κ1) is 13.9. The van der Waals surface area contributed by atoms with Gasteiger partial charge in [-0.1, -0.05) is 13.3 Å². The molecule has 4 nitrogen and oxygen atoms in total. The Bertz CT molecular complexity index is 168. The zero-order valence-electron chi connectivity index (χ0n) is 10.4. The van der Waals surface area contributed by atoms with Gasteiger partial charge in [-0.15, -0.1) is 0 Å². The fourth-order valence-electron chi connectivity index (χ4n) is 1.98. The zero-order chi connectivity index (χ0) is 11.8.